The Labute approximate surface area is 182 Å². The smallest absolute Gasteiger partial charge is 0.251 e. The molecule has 4 rings (SSSR count). The van der Waals surface area contributed by atoms with Crippen LogP contribution in [-0.4, -0.2) is 43.9 Å². The van der Waals surface area contributed by atoms with Crippen molar-refractivity contribution in [1.29, 1.82) is 0 Å². The van der Waals surface area contributed by atoms with Gasteiger partial charge in [-0.25, -0.2) is 0 Å². The molecule has 30 heavy (non-hydrogen) atoms. The summed E-state index contributed by atoms with van der Waals surface area (Å²) in [7, 11) is 1.64. The Hall–Kier alpha value is -2.35. The highest BCUT2D eigenvalue weighted by molar-refractivity contribution is 5.85. The number of hydrogen-bond acceptors (Lipinski definition) is 5. The Kier molecular flexibility index (Phi) is 7.53. The van der Waals surface area contributed by atoms with Gasteiger partial charge in [0, 0.05) is 50.3 Å². The highest BCUT2D eigenvalue weighted by atomic mass is 35.5. The fourth-order valence-corrected chi connectivity index (χ4v) is 4.37. The molecule has 2 bridgehead atoms. The van der Waals surface area contributed by atoms with E-state index in [1.165, 1.54) is 0 Å². The highest BCUT2D eigenvalue weighted by Crippen LogP contribution is 2.38. The Balaban J connectivity index is 0.00000256. The number of benzene rings is 1. The molecule has 3 heterocycles. The van der Waals surface area contributed by atoms with Crippen LogP contribution in [0.4, 0.5) is 0 Å². The van der Waals surface area contributed by atoms with Crippen LogP contribution in [0.1, 0.15) is 29.6 Å². The molecule has 3 atom stereocenters. The van der Waals surface area contributed by atoms with Gasteiger partial charge in [0.1, 0.15) is 18.4 Å². The normalized spacial score (nSPS) is 21.8. The van der Waals surface area contributed by atoms with Gasteiger partial charge in [-0.2, -0.15) is 0 Å². The van der Waals surface area contributed by atoms with Gasteiger partial charge in [0.05, 0.1) is 6.61 Å². The number of halogens is 1. The van der Waals surface area contributed by atoms with E-state index in [9.17, 15) is 9.59 Å². The van der Waals surface area contributed by atoms with Crippen LogP contribution in [0.25, 0.3) is 0 Å². The van der Waals surface area contributed by atoms with Gasteiger partial charge in [-0.1, -0.05) is 18.2 Å². The van der Waals surface area contributed by atoms with Crippen molar-refractivity contribution >= 4 is 18.3 Å². The summed E-state index contributed by atoms with van der Waals surface area (Å²) < 4.78 is 12.2. The molecule has 0 unspecified atom stereocenters. The maximum atomic E-state index is 13.1. The average Bonchev–Trinajstić information content (AvgIpc) is 2.74. The lowest BCUT2D eigenvalue weighted by atomic mass is 9.79. The molecule has 1 amide bonds. The second-order valence-corrected chi connectivity index (χ2v) is 7.66. The number of amides is 1. The first-order valence-electron chi connectivity index (χ1n) is 10.1. The molecular weight excluding hydrogens is 406 g/mol. The molecule has 0 aliphatic carbocycles. The van der Waals surface area contributed by atoms with Gasteiger partial charge in [-0.3, -0.25) is 14.2 Å². The van der Waals surface area contributed by atoms with E-state index in [0.29, 0.717) is 19.8 Å². The molecule has 8 heteroatoms. The fraction of sp³-hybridized carbons (Fsp3) is 0.455. The molecule has 162 valence electrons. The summed E-state index contributed by atoms with van der Waals surface area (Å²) in [4.78, 5) is 25.7. The third-order valence-corrected chi connectivity index (χ3v) is 5.76. The van der Waals surface area contributed by atoms with Crippen LogP contribution in [0.15, 0.2) is 47.3 Å². The third-order valence-electron chi connectivity index (χ3n) is 5.76. The SMILES string of the molecule is COCCOc1ccc(CNC(=O)[C@H]2[C@@H]3CNC[C@@H](C3)c3cccc(=O)n32)cc1.Cl. The van der Waals surface area contributed by atoms with Crippen LogP contribution in [0.2, 0.25) is 0 Å². The molecule has 2 N–H and O–H groups in total. The molecular formula is C22H28ClN3O4. The molecule has 1 aromatic heterocycles. The van der Waals surface area contributed by atoms with Crippen molar-refractivity contribution in [2.75, 3.05) is 33.4 Å². The maximum Gasteiger partial charge on any atom is 0.251 e. The van der Waals surface area contributed by atoms with E-state index < -0.39 is 6.04 Å². The van der Waals surface area contributed by atoms with E-state index in [0.717, 1.165) is 36.5 Å². The van der Waals surface area contributed by atoms with E-state index >= 15 is 0 Å². The lowest BCUT2D eigenvalue weighted by Gasteiger charge is -2.42. The van der Waals surface area contributed by atoms with E-state index in [2.05, 4.69) is 10.6 Å². The highest BCUT2D eigenvalue weighted by Gasteiger charge is 2.41. The van der Waals surface area contributed by atoms with E-state index in [1.807, 2.05) is 30.3 Å². The summed E-state index contributed by atoms with van der Waals surface area (Å²) in [6.45, 7) is 3.06. The minimum atomic E-state index is -0.473. The number of nitrogens with zero attached hydrogens (tertiary/aromatic N) is 1. The molecule has 0 spiro atoms. The molecule has 1 fully saturated rings. The number of carbonyl (C=O) groups excluding carboxylic acids is 1. The van der Waals surface area contributed by atoms with Gasteiger partial charge >= 0.3 is 0 Å². The van der Waals surface area contributed by atoms with Gasteiger partial charge in [0.25, 0.3) is 5.56 Å². The molecule has 2 aliphatic heterocycles. The van der Waals surface area contributed by atoms with E-state index in [4.69, 9.17) is 9.47 Å². The second kappa shape index (κ2) is 10.1. The number of nitrogens with one attached hydrogen (secondary N) is 2. The molecule has 0 radical (unpaired) electrons. The fourth-order valence-electron chi connectivity index (χ4n) is 4.37. The number of rotatable bonds is 7. The molecule has 7 nitrogen and oxygen atoms in total. The molecule has 2 aromatic rings. The van der Waals surface area contributed by atoms with Crippen molar-refractivity contribution in [2.45, 2.75) is 24.9 Å². The van der Waals surface area contributed by atoms with Gasteiger partial charge in [-0.05, 0) is 30.2 Å². The van der Waals surface area contributed by atoms with Crippen molar-refractivity contribution in [2.24, 2.45) is 5.92 Å². The van der Waals surface area contributed by atoms with Crippen molar-refractivity contribution in [3.8, 4) is 5.75 Å². The maximum absolute atomic E-state index is 13.1. The second-order valence-electron chi connectivity index (χ2n) is 7.66. The van der Waals surface area contributed by atoms with Crippen LogP contribution in [0, 0.1) is 5.92 Å². The standard InChI is InChI=1S/C22H27N3O4.ClH/c1-28-9-10-29-18-7-5-15(6-8-18)12-24-22(27)21-17-11-16(13-23-14-17)19-3-2-4-20(26)25(19)21;/h2-8,16-17,21,23H,9-14H2,1H3,(H,24,27);1H/t16-,17+,21-;/m1./s1. The Morgan fingerprint density at radius 3 is 2.73 bits per heavy atom. The number of pyridine rings is 1. The van der Waals surface area contributed by atoms with Gasteiger partial charge < -0.3 is 20.1 Å². The first kappa shape index (κ1) is 22.3. The molecule has 2 aliphatic rings. The number of methoxy groups -OCH3 is 1. The molecule has 1 saturated heterocycles. The number of fused-ring (bicyclic) bond motifs is 4. The van der Waals surface area contributed by atoms with Crippen molar-refractivity contribution < 1.29 is 14.3 Å². The summed E-state index contributed by atoms with van der Waals surface area (Å²) in [5, 5.41) is 6.44. The Morgan fingerprint density at radius 2 is 1.97 bits per heavy atom. The van der Waals surface area contributed by atoms with Crippen LogP contribution in [-0.2, 0) is 16.1 Å². The number of hydrogen-bond donors (Lipinski definition) is 2. The Bertz CT molecular complexity index is 915. The minimum Gasteiger partial charge on any atom is -0.491 e. The number of ether oxygens (including phenoxy) is 2. The average molecular weight is 434 g/mol. The summed E-state index contributed by atoms with van der Waals surface area (Å²) in [6.07, 6.45) is 0.933. The zero-order chi connectivity index (χ0) is 20.2. The monoisotopic (exact) mass is 433 g/mol. The topological polar surface area (TPSA) is 81.6 Å². The molecule has 0 saturated carbocycles. The van der Waals surface area contributed by atoms with Crippen LogP contribution in [0.3, 0.4) is 0 Å². The zero-order valence-corrected chi connectivity index (χ0v) is 17.8. The lowest BCUT2D eigenvalue weighted by molar-refractivity contribution is -0.127. The van der Waals surface area contributed by atoms with E-state index in [-0.39, 0.29) is 35.7 Å². The van der Waals surface area contributed by atoms with Crippen molar-refractivity contribution in [3.05, 3.63) is 64.1 Å². The summed E-state index contributed by atoms with van der Waals surface area (Å²) in [5.41, 5.74) is 1.84. The van der Waals surface area contributed by atoms with Crippen LogP contribution >= 0.6 is 12.4 Å². The summed E-state index contributed by atoms with van der Waals surface area (Å²) in [5.74, 6) is 1.08. The number of piperidine rings is 1. The van der Waals surface area contributed by atoms with Crippen LogP contribution < -0.4 is 20.9 Å². The zero-order valence-electron chi connectivity index (χ0n) is 17.0. The van der Waals surface area contributed by atoms with Gasteiger partial charge in [-0.15, -0.1) is 12.4 Å². The predicted molar refractivity (Wildman–Crippen MR) is 116 cm³/mol. The third kappa shape index (κ3) is 4.69. The van der Waals surface area contributed by atoms with Crippen molar-refractivity contribution in [1.82, 2.24) is 15.2 Å². The largest absolute Gasteiger partial charge is 0.491 e. The van der Waals surface area contributed by atoms with Gasteiger partial charge in [0.15, 0.2) is 0 Å². The predicted octanol–water partition coefficient (Wildman–Crippen LogP) is 1.86. The summed E-state index contributed by atoms with van der Waals surface area (Å²) in [6, 6.07) is 12.5. The van der Waals surface area contributed by atoms with E-state index in [1.54, 1.807) is 23.8 Å². The first-order valence-corrected chi connectivity index (χ1v) is 10.1. The number of aromatic nitrogens is 1. The summed E-state index contributed by atoms with van der Waals surface area (Å²) >= 11 is 0. The van der Waals surface area contributed by atoms with Crippen molar-refractivity contribution in [3.63, 3.8) is 0 Å². The Morgan fingerprint density at radius 1 is 1.17 bits per heavy atom. The minimum absolute atomic E-state index is 0. The van der Waals surface area contributed by atoms with Crippen LogP contribution in [0.5, 0.6) is 5.75 Å². The number of carbonyl (C=O) groups is 1. The molecule has 1 aromatic carbocycles. The first-order chi connectivity index (χ1) is 14.2. The quantitative estimate of drug-likeness (QED) is 0.651. The lowest BCUT2D eigenvalue weighted by Crippen LogP contribution is -2.52. The van der Waals surface area contributed by atoms with Gasteiger partial charge in [0.2, 0.25) is 5.91 Å².